The molecule has 37 heavy (non-hydrogen) atoms. The lowest BCUT2D eigenvalue weighted by molar-refractivity contribution is -0.120. The minimum Gasteiger partial charge on any atom is -0.379 e. The highest BCUT2D eigenvalue weighted by Gasteiger charge is 2.07. The Morgan fingerprint density at radius 2 is 1.41 bits per heavy atom. The smallest absolute Gasteiger partial charge is 0.224 e. The van der Waals surface area contributed by atoms with Crippen molar-refractivity contribution in [2.75, 3.05) is 72.2 Å². The van der Waals surface area contributed by atoms with Gasteiger partial charge in [0, 0.05) is 31.2 Å². The Kier molecular flexibility index (Phi) is 22.9. The average molecular weight is 579 g/mol. The summed E-state index contributed by atoms with van der Waals surface area (Å²) < 4.78 is 30.9. The number of carbonyl (C=O) groups is 1. The van der Waals surface area contributed by atoms with E-state index in [4.69, 9.17) is 23.7 Å². The van der Waals surface area contributed by atoms with Crippen LogP contribution in [0.25, 0.3) is 0 Å². The predicted molar refractivity (Wildman–Crippen MR) is 156 cm³/mol. The van der Waals surface area contributed by atoms with Crippen molar-refractivity contribution in [1.29, 1.82) is 0 Å². The monoisotopic (exact) mass is 578 g/mol. The summed E-state index contributed by atoms with van der Waals surface area (Å²) in [6.45, 7) is 12.3. The third-order valence-electron chi connectivity index (χ3n) is 4.72. The van der Waals surface area contributed by atoms with Gasteiger partial charge < -0.3 is 29.0 Å². The molecule has 0 heterocycles. The van der Waals surface area contributed by atoms with Gasteiger partial charge in [-0.1, -0.05) is 45.7 Å². The van der Waals surface area contributed by atoms with Crippen molar-refractivity contribution in [2.45, 2.75) is 56.5 Å². The number of rotatable bonds is 25. The fourth-order valence-corrected chi connectivity index (χ4v) is 5.03. The van der Waals surface area contributed by atoms with Crippen LogP contribution in [0.2, 0.25) is 0 Å². The Morgan fingerprint density at radius 3 is 2.03 bits per heavy atom. The van der Waals surface area contributed by atoms with Crippen molar-refractivity contribution in [2.24, 2.45) is 0 Å². The minimum atomic E-state index is -0.0106. The number of hydrogen-bond donors (Lipinski definition) is 2. The lowest BCUT2D eigenvalue weighted by Crippen LogP contribution is -2.29. The average Bonchev–Trinajstić information content (AvgIpc) is 2.88. The first-order valence-corrected chi connectivity index (χ1v) is 16.4. The zero-order chi connectivity index (χ0) is 27.0. The first-order valence-electron chi connectivity index (χ1n) is 12.9. The van der Waals surface area contributed by atoms with Gasteiger partial charge in [0.05, 0.1) is 52.2 Å². The van der Waals surface area contributed by atoms with Crippen LogP contribution in [0.4, 0.5) is 0 Å². The summed E-state index contributed by atoms with van der Waals surface area (Å²) in [5.41, 5.74) is 1.10. The van der Waals surface area contributed by atoms with Crippen molar-refractivity contribution in [3.05, 3.63) is 29.8 Å². The molecule has 0 radical (unpaired) electrons. The topological polar surface area (TPSA) is 87.3 Å². The highest BCUT2D eigenvalue weighted by atomic mass is 33.1. The van der Waals surface area contributed by atoms with E-state index in [0.717, 1.165) is 43.1 Å². The van der Waals surface area contributed by atoms with Crippen molar-refractivity contribution in [3.63, 3.8) is 0 Å². The maximum Gasteiger partial charge on any atom is 0.224 e. The van der Waals surface area contributed by atoms with Crippen LogP contribution in [-0.4, -0.2) is 89.6 Å². The summed E-state index contributed by atoms with van der Waals surface area (Å²) in [5.74, 6) is -0.0106. The van der Waals surface area contributed by atoms with E-state index in [0.29, 0.717) is 52.6 Å². The third kappa shape index (κ3) is 22.1. The second-order valence-corrected chi connectivity index (χ2v) is 11.6. The summed E-state index contributed by atoms with van der Waals surface area (Å²) in [5, 5.41) is 2.89. The van der Waals surface area contributed by atoms with Crippen molar-refractivity contribution >= 4 is 39.4 Å². The number of nitrogens with one attached hydrogen (secondary N) is 2. The molecule has 214 valence electrons. The second kappa shape index (κ2) is 24.5. The fourth-order valence-electron chi connectivity index (χ4n) is 2.85. The van der Waals surface area contributed by atoms with E-state index in [9.17, 15) is 4.79 Å². The molecule has 1 unspecified atom stereocenters. The van der Waals surface area contributed by atoms with Crippen LogP contribution < -0.4 is 10.0 Å². The Labute approximate surface area is 235 Å². The molecule has 0 saturated carbocycles. The van der Waals surface area contributed by atoms with Crippen LogP contribution in [-0.2, 0) is 34.9 Å². The minimum absolute atomic E-state index is 0.0106. The largest absolute Gasteiger partial charge is 0.379 e. The van der Waals surface area contributed by atoms with Gasteiger partial charge in [-0.05, 0) is 57.6 Å². The van der Waals surface area contributed by atoms with Gasteiger partial charge >= 0.3 is 0 Å². The standard InChI is InChI=1S/C26H46N2O6S3/c1-22(2)33-13-5-6-14-34-23(3)36-37-25-9-7-24(8-10-25)21-26(29)27-11-15-30-17-19-32-20-18-31-16-12-28-35-4/h7-10,22-23,28H,5-6,11-21H2,1-4H3,(H,27,29). The Morgan fingerprint density at radius 1 is 0.811 bits per heavy atom. The molecule has 0 spiro atoms. The molecule has 0 fully saturated rings. The maximum absolute atomic E-state index is 12.2. The second-order valence-electron chi connectivity index (χ2n) is 8.35. The molecule has 0 aromatic heterocycles. The lowest BCUT2D eigenvalue weighted by Gasteiger charge is -2.12. The number of carbonyl (C=O) groups excluding carboxylic acids is 1. The van der Waals surface area contributed by atoms with Gasteiger partial charge in [-0.2, -0.15) is 0 Å². The normalized spacial score (nSPS) is 12.2. The molecule has 1 rings (SSSR count). The van der Waals surface area contributed by atoms with E-state index in [1.165, 1.54) is 0 Å². The van der Waals surface area contributed by atoms with E-state index in [1.807, 2.05) is 30.5 Å². The van der Waals surface area contributed by atoms with E-state index in [2.05, 4.69) is 30.8 Å². The van der Waals surface area contributed by atoms with Gasteiger partial charge in [0.2, 0.25) is 5.91 Å². The third-order valence-corrected chi connectivity index (χ3v) is 7.86. The molecule has 1 atom stereocenters. The number of unbranched alkanes of at least 4 members (excludes halogenated alkanes) is 1. The van der Waals surface area contributed by atoms with Gasteiger partial charge in [-0.25, -0.2) is 0 Å². The van der Waals surface area contributed by atoms with Crippen molar-refractivity contribution < 1.29 is 28.5 Å². The van der Waals surface area contributed by atoms with E-state index in [1.54, 1.807) is 33.5 Å². The molecule has 1 aromatic rings. The number of hydrogen-bond acceptors (Lipinski definition) is 10. The van der Waals surface area contributed by atoms with Crippen molar-refractivity contribution in [1.82, 2.24) is 10.0 Å². The lowest BCUT2D eigenvalue weighted by atomic mass is 10.1. The molecule has 1 amide bonds. The summed E-state index contributed by atoms with van der Waals surface area (Å²) in [4.78, 5) is 13.3. The molecule has 11 heteroatoms. The summed E-state index contributed by atoms with van der Waals surface area (Å²) in [7, 11) is 3.39. The molecule has 0 bridgehead atoms. The van der Waals surface area contributed by atoms with Crippen LogP contribution >= 0.6 is 33.5 Å². The van der Waals surface area contributed by atoms with Gasteiger partial charge in [0.25, 0.3) is 0 Å². The summed E-state index contributed by atoms with van der Waals surface area (Å²) in [6, 6.07) is 8.09. The number of benzene rings is 1. The van der Waals surface area contributed by atoms with Crippen LogP contribution in [0.15, 0.2) is 29.2 Å². The van der Waals surface area contributed by atoms with E-state index >= 15 is 0 Å². The first kappa shape index (κ1) is 34.5. The van der Waals surface area contributed by atoms with E-state index < -0.39 is 0 Å². The highest BCUT2D eigenvalue weighted by molar-refractivity contribution is 8.76. The van der Waals surface area contributed by atoms with Crippen LogP contribution in [0, 0.1) is 0 Å². The molecular weight excluding hydrogens is 532 g/mol. The number of amides is 1. The molecule has 0 saturated heterocycles. The first-order chi connectivity index (χ1) is 18.0. The van der Waals surface area contributed by atoms with Gasteiger partial charge in [0.1, 0.15) is 5.44 Å². The quantitative estimate of drug-likeness (QED) is 0.0745. The molecule has 0 aliphatic heterocycles. The number of ether oxygens (including phenoxy) is 5. The van der Waals surface area contributed by atoms with Crippen LogP contribution in [0.3, 0.4) is 0 Å². The summed E-state index contributed by atoms with van der Waals surface area (Å²) in [6.07, 6.45) is 4.66. The highest BCUT2D eigenvalue weighted by Crippen LogP contribution is 2.34. The molecule has 0 aliphatic carbocycles. The van der Waals surface area contributed by atoms with Crippen LogP contribution in [0.5, 0.6) is 0 Å². The Balaban J connectivity index is 2.00. The van der Waals surface area contributed by atoms with Crippen molar-refractivity contribution in [3.8, 4) is 0 Å². The molecule has 0 aliphatic rings. The molecule has 1 aromatic carbocycles. The van der Waals surface area contributed by atoms with E-state index in [-0.39, 0.29) is 17.4 Å². The molecule has 8 nitrogen and oxygen atoms in total. The SMILES string of the molecule is CSNCCOCCOCCOCCNC(=O)Cc1ccc(SSC(C)OCCCCOC(C)C)cc1. The Bertz CT molecular complexity index is 670. The maximum atomic E-state index is 12.2. The van der Waals surface area contributed by atoms with Crippen LogP contribution in [0.1, 0.15) is 39.2 Å². The van der Waals surface area contributed by atoms with Gasteiger partial charge in [-0.15, -0.1) is 0 Å². The molecule has 2 N–H and O–H groups in total. The molecular formula is C26H46N2O6S3. The van der Waals surface area contributed by atoms with Gasteiger partial charge in [0.15, 0.2) is 0 Å². The van der Waals surface area contributed by atoms with Gasteiger partial charge in [-0.3, -0.25) is 9.52 Å². The zero-order valence-electron chi connectivity index (χ0n) is 22.8. The fraction of sp³-hybridized carbons (Fsp3) is 0.731. The summed E-state index contributed by atoms with van der Waals surface area (Å²) >= 11 is 1.58. The Hall–Kier alpha value is -0.500. The predicted octanol–water partition coefficient (Wildman–Crippen LogP) is 4.57. The zero-order valence-corrected chi connectivity index (χ0v) is 25.3.